The zero-order valence-electron chi connectivity index (χ0n) is 20.7. The number of likely N-dealkylation sites (tertiary alicyclic amines) is 1. The Hall–Kier alpha value is -3.01. The van der Waals surface area contributed by atoms with Crippen LogP contribution < -0.4 is 0 Å². The lowest BCUT2D eigenvalue weighted by molar-refractivity contribution is -0.139. The number of benzene rings is 2. The zero-order chi connectivity index (χ0) is 26.2. The molecule has 1 spiro atoms. The van der Waals surface area contributed by atoms with Gasteiger partial charge in [0, 0.05) is 68.3 Å². The molecule has 10 heteroatoms. The van der Waals surface area contributed by atoms with Gasteiger partial charge in [-0.3, -0.25) is 19.3 Å². The molecule has 3 amide bonds. The number of hydrogen-bond donors (Lipinski definition) is 0. The van der Waals surface area contributed by atoms with Crippen molar-refractivity contribution < 1.29 is 23.5 Å². The van der Waals surface area contributed by atoms with Gasteiger partial charge >= 0.3 is 0 Å². The fourth-order valence-electron chi connectivity index (χ4n) is 5.39. The minimum Gasteiger partial charge on any atom is -0.353 e. The van der Waals surface area contributed by atoms with E-state index in [0.29, 0.717) is 49.6 Å². The summed E-state index contributed by atoms with van der Waals surface area (Å²) in [4.78, 5) is 47.6. The summed E-state index contributed by atoms with van der Waals surface area (Å²) in [5.74, 6) is -1.25. The van der Waals surface area contributed by atoms with E-state index in [1.165, 1.54) is 23.1 Å². The van der Waals surface area contributed by atoms with E-state index in [9.17, 15) is 18.8 Å². The monoisotopic (exact) mass is 528 g/mol. The quantitative estimate of drug-likeness (QED) is 0.612. The van der Waals surface area contributed by atoms with E-state index in [2.05, 4.69) is 4.90 Å². The fourth-order valence-corrected chi connectivity index (χ4v) is 5.51. The molecule has 0 saturated carbocycles. The Morgan fingerprint density at radius 1 is 0.892 bits per heavy atom. The maximum absolute atomic E-state index is 14.0. The van der Waals surface area contributed by atoms with Gasteiger partial charge in [-0.15, -0.1) is 0 Å². The molecule has 0 aliphatic carbocycles. The number of hydrogen-bond acceptors (Lipinski definition) is 5. The first-order chi connectivity index (χ1) is 17.8. The number of ether oxygens (including phenoxy) is 1. The second-order valence-corrected chi connectivity index (χ2v) is 10.3. The number of halogens is 2. The topological polar surface area (TPSA) is 73.4 Å². The van der Waals surface area contributed by atoms with Crippen molar-refractivity contribution in [2.45, 2.75) is 24.6 Å². The molecular formula is C27H30ClFN4O4. The van der Waals surface area contributed by atoms with Crippen molar-refractivity contribution in [2.75, 3.05) is 52.9 Å². The van der Waals surface area contributed by atoms with Crippen molar-refractivity contribution in [3.05, 3.63) is 70.5 Å². The van der Waals surface area contributed by atoms with Gasteiger partial charge in [-0.2, -0.15) is 0 Å². The van der Waals surface area contributed by atoms with Crippen LogP contribution in [0.2, 0.25) is 5.02 Å². The second kappa shape index (κ2) is 10.4. The van der Waals surface area contributed by atoms with Crippen molar-refractivity contribution in [3.8, 4) is 0 Å². The summed E-state index contributed by atoms with van der Waals surface area (Å²) in [7, 11) is 2.01. The molecule has 0 aromatic heterocycles. The number of rotatable bonds is 3. The van der Waals surface area contributed by atoms with Crippen LogP contribution in [0.15, 0.2) is 48.5 Å². The fraction of sp³-hybridized carbons (Fsp3) is 0.444. The van der Waals surface area contributed by atoms with Gasteiger partial charge in [0.05, 0.1) is 6.61 Å². The highest BCUT2D eigenvalue weighted by Gasteiger charge is 2.55. The molecule has 0 N–H and O–H groups in total. The normalized spacial score (nSPS) is 21.9. The lowest BCUT2D eigenvalue weighted by Gasteiger charge is -2.45. The SMILES string of the molecule is CN1CCN(C(=O)[C@H]2COC3(CCN(C(=O)c4ccc(Cl)cc4)CC3)N2C(=O)c2cccc(F)c2)CC1. The number of carbonyl (C=O) groups is 3. The Morgan fingerprint density at radius 2 is 1.57 bits per heavy atom. The molecule has 3 aliphatic rings. The molecule has 0 bridgehead atoms. The highest BCUT2D eigenvalue weighted by atomic mass is 35.5. The summed E-state index contributed by atoms with van der Waals surface area (Å²) >= 11 is 5.96. The smallest absolute Gasteiger partial charge is 0.256 e. The number of piperidine rings is 1. The van der Waals surface area contributed by atoms with E-state index in [-0.39, 0.29) is 24.0 Å². The van der Waals surface area contributed by atoms with Gasteiger partial charge in [0.25, 0.3) is 11.8 Å². The summed E-state index contributed by atoms with van der Waals surface area (Å²) in [5, 5.41) is 0.552. The van der Waals surface area contributed by atoms with E-state index >= 15 is 0 Å². The van der Waals surface area contributed by atoms with E-state index in [4.69, 9.17) is 16.3 Å². The van der Waals surface area contributed by atoms with Gasteiger partial charge in [0.2, 0.25) is 5.91 Å². The molecule has 1 atom stereocenters. The van der Waals surface area contributed by atoms with E-state index in [1.54, 1.807) is 40.1 Å². The minimum absolute atomic E-state index is 0.0668. The molecule has 2 aromatic carbocycles. The van der Waals surface area contributed by atoms with Crippen molar-refractivity contribution in [2.24, 2.45) is 0 Å². The highest BCUT2D eigenvalue weighted by molar-refractivity contribution is 6.30. The van der Waals surface area contributed by atoms with Gasteiger partial charge in [-0.1, -0.05) is 17.7 Å². The molecule has 3 fully saturated rings. The van der Waals surface area contributed by atoms with Crippen molar-refractivity contribution in [1.29, 1.82) is 0 Å². The Bertz CT molecular complexity index is 1180. The Kier molecular flexibility index (Phi) is 7.20. The molecule has 2 aromatic rings. The van der Waals surface area contributed by atoms with E-state index in [1.807, 2.05) is 7.05 Å². The van der Waals surface area contributed by atoms with Crippen molar-refractivity contribution in [3.63, 3.8) is 0 Å². The lowest BCUT2D eigenvalue weighted by atomic mass is 9.96. The standard InChI is InChI=1S/C27H30ClFN4O4/c1-30-13-15-32(16-14-30)26(36)23-18-37-27(33(23)25(35)20-3-2-4-22(29)17-20)9-11-31(12-10-27)24(34)19-5-7-21(28)8-6-19/h2-8,17,23H,9-16,18H2,1H3/t23-/m1/s1. The van der Waals surface area contributed by atoms with Crippen molar-refractivity contribution in [1.82, 2.24) is 19.6 Å². The molecular weight excluding hydrogens is 499 g/mol. The predicted molar refractivity (Wildman–Crippen MR) is 136 cm³/mol. The first-order valence-corrected chi connectivity index (χ1v) is 12.9. The number of carbonyl (C=O) groups excluding carboxylic acids is 3. The first kappa shape index (κ1) is 25.6. The van der Waals surface area contributed by atoms with Gasteiger partial charge in [0.1, 0.15) is 17.6 Å². The van der Waals surface area contributed by atoms with Crippen LogP contribution in [0.5, 0.6) is 0 Å². The molecule has 3 aliphatic heterocycles. The maximum atomic E-state index is 14.0. The molecule has 0 radical (unpaired) electrons. The van der Waals surface area contributed by atoms with Crippen LogP contribution in [0.4, 0.5) is 4.39 Å². The van der Waals surface area contributed by atoms with Crippen LogP contribution in [0, 0.1) is 5.82 Å². The number of nitrogens with zero attached hydrogens (tertiary/aromatic N) is 4. The largest absolute Gasteiger partial charge is 0.353 e. The van der Waals surface area contributed by atoms with Crippen molar-refractivity contribution >= 4 is 29.3 Å². The first-order valence-electron chi connectivity index (χ1n) is 12.5. The van der Waals surface area contributed by atoms with Crippen LogP contribution in [-0.4, -0.2) is 102 Å². The highest BCUT2D eigenvalue weighted by Crippen LogP contribution is 2.39. The summed E-state index contributed by atoms with van der Waals surface area (Å²) in [5.41, 5.74) is -0.350. The minimum atomic E-state index is -1.05. The third-order valence-corrected chi connectivity index (χ3v) is 7.83. The molecule has 8 nitrogen and oxygen atoms in total. The van der Waals surface area contributed by atoms with E-state index < -0.39 is 23.5 Å². The average Bonchev–Trinajstić information content (AvgIpc) is 3.27. The molecule has 3 saturated heterocycles. The van der Waals surface area contributed by atoms with Crippen LogP contribution in [-0.2, 0) is 9.53 Å². The van der Waals surface area contributed by atoms with Crippen LogP contribution >= 0.6 is 11.6 Å². The zero-order valence-corrected chi connectivity index (χ0v) is 21.5. The predicted octanol–water partition coefficient (Wildman–Crippen LogP) is 2.73. The van der Waals surface area contributed by atoms with Crippen LogP contribution in [0.25, 0.3) is 0 Å². The molecule has 5 rings (SSSR count). The summed E-state index contributed by atoms with van der Waals surface area (Å²) in [6.45, 7) is 3.42. The van der Waals surface area contributed by atoms with Gasteiger partial charge in [0.15, 0.2) is 0 Å². The Balaban J connectivity index is 1.39. The summed E-state index contributed by atoms with van der Waals surface area (Å²) < 4.78 is 20.3. The van der Waals surface area contributed by atoms with Gasteiger partial charge < -0.3 is 19.4 Å². The van der Waals surface area contributed by atoms with E-state index in [0.717, 1.165) is 13.1 Å². The van der Waals surface area contributed by atoms with Gasteiger partial charge in [-0.25, -0.2) is 4.39 Å². The number of piperazine rings is 1. The number of likely N-dealkylation sites (N-methyl/N-ethyl adjacent to an activating group) is 1. The number of amides is 3. The van der Waals surface area contributed by atoms with Crippen LogP contribution in [0.1, 0.15) is 33.6 Å². The summed E-state index contributed by atoms with van der Waals surface area (Å²) in [6, 6.07) is 11.4. The second-order valence-electron chi connectivity index (χ2n) is 9.89. The molecule has 0 unspecified atom stereocenters. The molecule has 37 heavy (non-hydrogen) atoms. The third-order valence-electron chi connectivity index (χ3n) is 7.57. The molecule has 3 heterocycles. The third kappa shape index (κ3) is 5.08. The maximum Gasteiger partial charge on any atom is 0.256 e. The Morgan fingerprint density at radius 3 is 2.22 bits per heavy atom. The van der Waals surface area contributed by atoms with Crippen LogP contribution in [0.3, 0.4) is 0 Å². The lowest BCUT2D eigenvalue weighted by Crippen LogP contribution is -2.61. The summed E-state index contributed by atoms with van der Waals surface area (Å²) in [6.07, 6.45) is 0.694. The Labute approximate surface area is 220 Å². The average molecular weight is 529 g/mol. The molecule has 196 valence electrons. The van der Waals surface area contributed by atoms with Gasteiger partial charge in [-0.05, 0) is 49.5 Å².